The molecule has 1 aliphatic heterocycles. The minimum absolute atomic E-state index is 0.0237. The molecule has 1 aromatic rings. The van der Waals surface area contributed by atoms with Crippen molar-refractivity contribution >= 4 is 17.5 Å². The highest BCUT2D eigenvalue weighted by atomic mass is 16.3. The van der Waals surface area contributed by atoms with Crippen molar-refractivity contribution in [2.75, 3.05) is 18.5 Å². The van der Waals surface area contributed by atoms with Gasteiger partial charge in [0, 0.05) is 12.2 Å². The van der Waals surface area contributed by atoms with Crippen LogP contribution in [0.25, 0.3) is 0 Å². The van der Waals surface area contributed by atoms with E-state index in [0.717, 1.165) is 16.8 Å². The number of rotatable bonds is 4. The molecule has 102 valence electrons. The fraction of sp³-hybridized carbons (Fsp3) is 0.429. The van der Waals surface area contributed by atoms with Crippen LogP contribution in [-0.2, 0) is 21.4 Å². The monoisotopic (exact) mass is 262 g/mol. The Labute approximate surface area is 112 Å². The summed E-state index contributed by atoms with van der Waals surface area (Å²) in [5.41, 5.74) is 2.03. The predicted octanol–water partition coefficient (Wildman–Crippen LogP) is 0.567. The molecule has 2 rings (SSSR count). The summed E-state index contributed by atoms with van der Waals surface area (Å²) < 4.78 is 0. The number of hydrogen-bond donors (Lipinski definition) is 3. The van der Waals surface area contributed by atoms with Gasteiger partial charge in [-0.15, -0.1) is 0 Å². The third-order valence-electron chi connectivity index (χ3n) is 3.37. The van der Waals surface area contributed by atoms with Gasteiger partial charge in [0.05, 0.1) is 18.4 Å². The summed E-state index contributed by atoms with van der Waals surface area (Å²) in [6.07, 6.45) is 0.248. The first-order valence-corrected chi connectivity index (χ1v) is 6.27. The molecular formula is C14H18N2O3. The smallest absolute Gasteiger partial charge is 0.234 e. The van der Waals surface area contributed by atoms with Crippen LogP contribution < -0.4 is 10.6 Å². The second-order valence-corrected chi connectivity index (χ2v) is 5.21. The van der Waals surface area contributed by atoms with E-state index in [2.05, 4.69) is 10.6 Å². The van der Waals surface area contributed by atoms with E-state index in [9.17, 15) is 9.59 Å². The fourth-order valence-electron chi connectivity index (χ4n) is 2.17. The summed E-state index contributed by atoms with van der Waals surface area (Å²) in [4.78, 5) is 23.4. The zero-order chi connectivity index (χ0) is 14.0. The average Bonchev–Trinajstić information content (AvgIpc) is 2.59. The minimum atomic E-state index is -0.563. The molecule has 0 saturated heterocycles. The Bertz CT molecular complexity index is 523. The standard InChI is InChI=1S/C14H18N2O3/c1-14(2)10-7-9(8-12(18)15-5-6-17)3-4-11(10)16-13(14)19/h3-4,7,17H,5-6,8H2,1-2H3,(H,15,18)(H,16,19). The first kappa shape index (κ1) is 13.5. The number of aliphatic hydroxyl groups is 1. The number of nitrogens with one attached hydrogen (secondary N) is 2. The number of benzene rings is 1. The van der Waals surface area contributed by atoms with Gasteiger partial charge in [0.25, 0.3) is 0 Å². The normalized spacial score (nSPS) is 15.8. The predicted molar refractivity (Wildman–Crippen MR) is 71.9 cm³/mol. The molecule has 0 unspecified atom stereocenters. The molecule has 0 spiro atoms. The Kier molecular flexibility index (Phi) is 3.57. The highest BCUT2D eigenvalue weighted by molar-refractivity contribution is 6.05. The number of amides is 2. The summed E-state index contributed by atoms with van der Waals surface area (Å²) in [5.74, 6) is -0.159. The van der Waals surface area contributed by atoms with Crippen molar-refractivity contribution < 1.29 is 14.7 Å². The third-order valence-corrected chi connectivity index (χ3v) is 3.37. The van der Waals surface area contributed by atoms with Gasteiger partial charge in [0.1, 0.15) is 0 Å². The average molecular weight is 262 g/mol. The quantitative estimate of drug-likeness (QED) is 0.742. The third kappa shape index (κ3) is 2.61. The lowest BCUT2D eigenvalue weighted by Crippen LogP contribution is -2.28. The second-order valence-electron chi connectivity index (χ2n) is 5.21. The topological polar surface area (TPSA) is 78.4 Å². The Balaban J connectivity index is 2.16. The Morgan fingerprint density at radius 3 is 2.84 bits per heavy atom. The van der Waals surface area contributed by atoms with Gasteiger partial charge >= 0.3 is 0 Å². The van der Waals surface area contributed by atoms with E-state index in [0.29, 0.717) is 0 Å². The van der Waals surface area contributed by atoms with Crippen LogP contribution in [0.2, 0.25) is 0 Å². The van der Waals surface area contributed by atoms with Gasteiger partial charge in [-0.1, -0.05) is 12.1 Å². The van der Waals surface area contributed by atoms with E-state index in [-0.39, 0.29) is 31.4 Å². The largest absolute Gasteiger partial charge is 0.395 e. The summed E-state index contributed by atoms with van der Waals surface area (Å²) in [7, 11) is 0. The van der Waals surface area contributed by atoms with Gasteiger partial charge in [-0.05, 0) is 31.0 Å². The van der Waals surface area contributed by atoms with Crippen molar-refractivity contribution in [1.29, 1.82) is 0 Å². The minimum Gasteiger partial charge on any atom is -0.395 e. The van der Waals surface area contributed by atoms with Gasteiger partial charge in [-0.3, -0.25) is 9.59 Å². The number of anilines is 1. The Morgan fingerprint density at radius 2 is 2.16 bits per heavy atom. The summed E-state index contributed by atoms with van der Waals surface area (Å²) in [6.45, 7) is 3.92. The van der Waals surface area contributed by atoms with Gasteiger partial charge < -0.3 is 15.7 Å². The van der Waals surface area contributed by atoms with Gasteiger partial charge in [-0.2, -0.15) is 0 Å². The van der Waals surface area contributed by atoms with Crippen molar-refractivity contribution in [2.45, 2.75) is 25.7 Å². The maximum absolute atomic E-state index is 11.8. The van der Waals surface area contributed by atoms with Crippen molar-refractivity contribution in [1.82, 2.24) is 5.32 Å². The molecule has 19 heavy (non-hydrogen) atoms. The molecule has 0 atom stereocenters. The molecule has 0 aliphatic carbocycles. The van der Waals surface area contributed by atoms with E-state index in [4.69, 9.17) is 5.11 Å². The summed E-state index contributed by atoms with van der Waals surface area (Å²) >= 11 is 0. The molecule has 1 aliphatic rings. The highest BCUT2D eigenvalue weighted by Crippen LogP contribution is 2.37. The van der Waals surface area contributed by atoms with Crippen LogP contribution in [-0.4, -0.2) is 30.1 Å². The fourth-order valence-corrected chi connectivity index (χ4v) is 2.17. The number of fused-ring (bicyclic) bond motifs is 1. The van der Waals surface area contributed by atoms with Crippen LogP contribution in [0.5, 0.6) is 0 Å². The zero-order valence-corrected chi connectivity index (χ0v) is 11.1. The lowest BCUT2D eigenvalue weighted by atomic mass is 9.85. The molecule has 1 heterocycles. The molecule has 0 aromatic heterocycles. The first-order valence-electron chi connectivity index (χ1n) is 6.27. The van der Waals surface area contributed by atoms with Crippen molar-refractivity contribution in [3.63, 3.8) is 0 Å². The number of carbonyl (C=O) groups excluding carboxylic acids is 2. The van der Waals surface area contributed by atoms with Crippen molar-refractivity contribution in [3.05, 3.63) is 29.3 Å². The van der Waals surface area contributed by atoms with Crippen LogP contribution in [0.4, 0.5) is 5.69 Å². The molecule has 0 fully saturated rings. The maximum atomic E-state index is 11.8. The zero-order valence-electron chi connectivity index (χ0n) is 11.1. The van der Waals surface area contributed by atoms with Crippen LogP contribution in [0.15, 0.2) is 18.2 Å². The summed E-state index contributed by atoms with van der Waals surface area (Å²) in [5, 5.41) is 14.1. The van der Waals surface area contributed by atoms with Gasteiger partial charge in [0.2, 0.25) is 11.8 Å². The number of carbonyl (C=O) groups is 2. The maximum Gasteiger partial charge on any atom is 0.234 e. The Hall–Kier alpha value is -1.88. The number of aliphatic hydroxyl groups excluding tert-OH is 1. The van der Waals surface area contributed by atoms with Crippen LogP contribution >= 0.6 is 0 Å². The van der Waals surface area contributed by atoms with Crippen LogP contribution in [0, 0.1) is 0 Å². The van der Waals surface area contributed by atoms with Crippen LogP contribution in [0.1, 0.15) is 25.0 Å². The molecule has 0 bridgehead atoms. The lowest BCUT2D eigenvalue weighted by Gasteiger charge is -2.15. The van der Waals surface area contributed by atoms with E-state index >= 15 is 0 Å². The van der Waals surface area contributed by atoms with E-state index in [1.165, 1.54) is 0 Å². The molecule has 2 amide bonds. The molecule has 0 radical (unpaired) electrons. The van der Waals surface area contributed by atoms with E-state index < -0.39 is 5.41 Å². The van der Waals surface area contributed by atoms with Gasteiger partial charge in [0.15, 0.2) is 0 Å². The highest BCUT2D eigenvalue weighted by Gasteiger charge is 2.38. The molecule has 5 nitrogen and oxygen atoms in total. The second kappa shape index (κ2) is 5.01. The Morgan fingerprint density at radius 1 is 1.42 bits per heavy atom. The first-order chi connectivity index (χ1) is 8.95. The molecule has 3 N–H and O–H groups in total. The van der Waals surface area contributed by atoms with E-state index in [1.807, 2.05) is 32.0 Å². The summed E-state index contributed by atoms with van der Waals surface area (Å²) in [6, 6.07) is 5.56. The molecule has 0 saturated carbocycles. The molecular weight excluding hydrogens is 244 g/mol. The van der Waals surface area contributed by atoms with Crippen molar-refractivity contribution in [2.24, 2.45) is 0 Å². The van der Waals surface area contributed by atoms with E-state index in [1.54, 1.807) is 0 Å². The van der Waals surface area contributed by atoms with Crippen molar-refractivity contribution in [3.8, 4) is 0 Å². The lowest BCUT2D eigenvalue weighted by molar-refractivity contribution is -0.120. The molecule has 1 aromatic carbocycles. The molecule has 5 heteroatoms. The SMILES string of the molecule is CC1(C)C(=O)Nc2ccc(CC(=O)NCCO)cc21. The van der Waals surface area contributed by atoms with Crippen LogP contribution in [0.3, 0.4) is 0 Å². The number of hydrogen-bond acceptors (Lipinski definition) is 3. The van der Waals surface area contributed by atoms with Gasteiger partial charge in [-0.25, -0.2) is 0 Å².